The first-order valence-electron chi connectivity index (χ1n) is 13.0. The zero-order valence-corrected chi connectivity index (χ0v) is 21.2. The van der Waals surface area contributed by atoms with Gasteiger partial charge in [-0.2, -0.15) is 10.2 Å². The molecule has 0 aliphatic rings. The van der Waals surface area contributed by atoms with Crippen molar-refractivity contribution in [3.05, 3.63) is 163 Å². The Labute approximate surface area is 226 Å². The van der Waals surface area contributed by atoms with E-state index in [9.17, 15) is 0 Å². The van der Waals surface area contributed by atoms with Crippen molar-refractivity contribution in [1.82, 2.24) is 24.5 Å². The molecule has 0 spiro atoms. The van der Waals surface area contributed by atoms with Crippen molar-refractivity contribution in [2.45, 2.75) is 5.66 Å². The van der Waals surface area contributed by atoms with Crippen LogP contribution in [0.1, 0.15) is 11.3 Å². The smallest absolute Gasteiger partial charge is 0.221 e. The van der Waals surface area contributed by atoms with Crippen LogP contribution in [0.3, 0.4) is 0 Å². The van der Waals surface area contributed by atoms with E-state index in [1.54, 1.807) is 0 Å². The van der Waals surface area contributed by atoms with E-state index >= 15 is 0 Å². The average molecular weight is 504 g/mol. The predicted molar refractivity (Wildman–Crippen MR) is 155 cm³/mol. The summed E-state index contributed by atoms with van der Waals surface area (Å²) in [6.45, 7) is 0. The van der Waals surface area contributed by atoms with Gasteiger partial charge in [0.1, 0.15) is 0 Å². The maximum absolute atomic E-state index is 5.22. The minimum absolute atomic E-state index is 0.817. The lowest BCUT2D eigenvalue weighted by molar-refractivity contribution is 0.290. The van der Waals surface area contributed by atoms with E-state index in [0.717, 1.165) is 44.7 Å². The van der Waals surface area contributed by atoms with Gasteiger partial charge in [-0.25, -0.2) is 14.3 Å². The zero-order chi connectivity index (χ0) is 26.1. The normalized spacial score (nSPS) is 11.6. The second kappa shape index (κ2) is 9.54. The van der Waals surface area contributed by atoms with Gasteiger partial charge in [0, 0.05) is 34.5 Å². The fraction of sp³-hybridized carbons (Fsp3) is 0.0294. The van der Waals surface area contributed by atoms with Crippen LogP contribution in [-0.4, -0.2) is 24.5 Å². The van der Waals surface area contributed by atoms with Crippen LogP contribution in [0.2, 0.25) is 0 Å². The third kappa shape index (κ3) is 3.92. The van der Waals surface area contributed by atoms with Crippen LogP contribution >= 0.6 is 0 Å². The summed E-state index contributed by atoms with van der Waals surface area (Å²) >= 11 is 0. The first-order chi connectivity index (χ1) is 19.3. The largest absolute Gasteiger partial charge is 0.248 e. The first kappa shape index (κ1) is 22.9. The number of fused-ring (bicyclic) bond motifs is 1. The summed E-state index contributed by atoms with van der Waals surface area (Å²) < 4.78 is 3.98. The van der Waals surface area contributed by atoms with Crippen LogP contribution in [0.15, 0.2) is 152 Å². The van der Waals surface area contributed by atoms with Crippen molar-refractivity contribution in [3.63, 3.8) is 0 Å². The number of benzene rings is 4. The summed E-state index contributed by atoms with van der Waals surface area (Å²) in [5.74, 6) is 0. The molecule has 5 heteroatoms. The third-order valence-electron chi connectivity index (χ3n) is 7.11. The van der Waals surface area contributed by atoms with Crippen molar-refractivity contribution in [2.75, 3.05) is 0 Å². The van der Waals surface area contributed by atoms with Gasteiger partial charge in [-0.05, 0) is 24.3 Å². The van der Waals surface area contributed by atoms with Crippen molar-refractivity contribution in [2.24, 2.45) is 0 Å². The van der Waals surface area contributed by atoms with Gasteiger partial charge in [0.05, 0.1) is 22.6 Å². The van der Waals surface area contributed by atoms with Crippen LogP contribution in [0, 0.1) is 0 Å². The SMILES string of the molecule is c1ccc(-c2ccn(C(c3ccccc3)(c3ccc4ccccc4n3)n3ccc(-c4ccccc4)n3)n2)cc1. The highest BCUT2D eigenvalue weighted by atomic mass is 15.5. The standard InChI is InChI=1S/C34H25N5/c1-4-12-26(13-5-1)31-22-24-38(36-31)34(29-17-8-3-9-18-29,33-21-20-28-16-10-11-19-30(28)35-33)39-25-23-32(37-39)27-14-6-2-7-15-27/h1-25H. The summed E-state index contributed by atoms with van der Waals surface area (Å²) in [5.41, 5.74) is 5.62. The molecule has 0 fully saturated rings. The molecule has 7 rings (SSSR count). The maximum Gasteiger partial charge on any atom is 0.221 e. The number of aromatic nitrogens is 5. The molecule has 0 saturated carbocycles. The first-order valence-corrected chi connectivity index (χ1v) is 13.0. The molecule has 0 aliphatic carbocycles. The predicted octanol–water partition coefficient (Wildman–Crippen LogP) is 7.26. The molecule has 0 amide bonds. The second-order valence-corrected chi connectivity index (χ2v) is 9.45. The molecule has 7 aromatic rings. The van der Waals surface area contributed by atoms with Gasteiger partial charge in [0.2, 0.25) is 5.66 Å². The maximum atomic E-state index is 5.22. The summed E-state index contributed by atoms with van der Waals surface area (Å²) in [6.07, 6.45) is 4.05. The lowest BCUT2D eigenvalue weighted by atomic mass is 9.94. The molecule has 0 radical (unpaired) electrons. The minimum atomic E-state index is -0.981. The molecule has 0 aliphatic heterocycles. The van der Waals surface area contributed by atoms with Crippen LogP contribution in [0.4, 0.5) is 0 Å². The molecular weight excluding hydrogens is 478 g/mol. The average Bonchev–Trinajstić information content (AvgIpc) is 3.71. The molecule has 0 N–H and O–H groups in total. The number of para-hydroxylation sites is 1. The fourth-order valence-electron chi connectivity index (χ4n) is 5.22. The van der Waals surface area contributed by atoms with Gasteiger partial charge < -0.3 is 0 Å². The molecule has 0 unspecified atom stereocenters. The molecule has 0 saturated heterocycles. The lowest BCUT2D eigenvalue weighted by Crippen LogP contribution is -2.45. The van der Waals surface area contributed by atoms with Crippen LogP contribution < -0.4 is 0 Å². The third-order valence-corrected chi connectivity index (χ3v) is 7.11. The van der Waals surface area contributed by atoms with Crippen LogP contribution in [0.25, 0.3) is 33.4 Å². The van der Waals surface area contributed by atoms with E-state index in [1.807, 2.05) is 94.6 Å². The summed E-state index contributed by atoms with van der Waals surface area (Å²) in [7, 11) is 0. The van der Waals surface area contributed by atoms with Crippen molar-refractivity contribution in [1.29, 1.82) is 0 Å². The van der Waals surface area contributed by atoms with Crippen molar-refractivity contribution < 1.29 is 0 Å². The molecule has 39 heavy (non-hydrogen) atoms. The Morgan fingerprint density at radius 2 is 0.974 bits per heavy atom. The van der Waals surface area contributed by atoms with E-state index < -0.39 is 5.66 Å². The molecule has 5 nitrogen and oxygen atoms in total. The Balaban J connectivity index is 1.53. The Kier molecular flexibility index (Phi) is 5.60. The summed E-state index contributed by atoms with van der Waals surface area (Å²) in [5, 5.41) is 11.4. The molecule has 186 valence electrons. The monoisotopic (exact) mass is 503 g/mol. The molecule has 3 heterocycles. The number of hydrogen-bond donors (Lipinski definition) is 0. The van der Waals surface area contributed by atoms with E-state index in [4.69, 9.17) is 15.2 Å². The van der Waals surface area contributed by atoms with Crippen molar-refractivity contribution in [3.8, 4) is 22.5 Å². The lowest BCUT2D eigenvalue weighted by Gasteiger charge is -2.35. The highest BCUT2D eigenvalue weighted by Gasteiger charge is 2.42. The van der Waals surface area contributed by atoms with Gasteiger partial charge >= 0.3 is 0 Å². The summed E-state index contributed by atoms with van der Waals surface area (Å²) in [6, 6.07) is 47.3. The quantitative estimate of drug-likeness (QED) is 0.240. The van der Waals surface area contributed by atoms with Gasteiger partial charge in [-0.15, -0.1) is 0 Å². The van der Waals surface area contributed by atoms with E-state index in [0.29, 0.717) is 0 Å². The number of hydrogen-bond acceptors (Lipinski definition) is 3. The Morgan fingerprint density at radius 3 is 1.56 bits per heavy atom. The number of rotatable bonds is 6. The van der Waals surface area contributed by atoms with Gasteiger partial charge in [0.15, 0.2) is 0 Å². The van der Waals surface area contributed by atoms with E-state index in [1.165, 1.54) is 0 Å². The number of nitrogens with zero attached hydrogens (tertiary/aromatic N) is 5. The Hall–Kier alpha value is -5.29. The topological polar surface area (TPSA) is 48.5 Å². The van der Waals surface area contributed by atoms with Crippen LogP contribution in [-0.2, 0) is 5.66 Å². The fourth-order valence-corrected chi connectivity index (χ4v) is 5.22. The molecule has 0 atom stereocenters. The van der Waals surface area contributed by atoms with Crippen LogP contribution in [0.5, 0.6) is 0 Å². The zero-order valence-electron chi connectivity index (χ0n) is 21.2. The van der Waals surface area contributed by atoms with Gasteiger partial charge in [-0.1, -0.05) is 115 Å². The van der Waals surface area contributed by atoms with Crippen molar-refractivity contribution >= 4 is 10.9 Å². The Morgan fingerprint density at radius 1 is 0.462 bits per heavy atom. The van der Waals surface area contributed by atoms with Gasteiger partial charge in [0.25, 0.3) is 0 Å². The molecule has 4 aromatic carbocycles. The Bertz CT molecular complexity index is 1780. The molecule has 3 aromatic heterocycles. The molecule has 0 bridgehead atoms. The highest BCUT2D eigenvalue weighted by Crippen LogP contribution is 2.37. The second-order valence-electron chi connectivity index (χ2n) is 9.45. The van der Waals surface area contributed by atoms with Gasteiger partial charge in [-0.3, -0.25) is 0 Å². The molecular formula is C34H25N5. The van der Waals surface area contributed by atoms with E-state index in [2.05, 4.69) is 66.7 Å². The highest BCUT2D eigenvalue weighted by molar-refractivity contribution is 5.78. The summed E-state index contributed by atoms with van der Waals surface area (Å²) in [4.78, 5) is 5.22. The minimum Gasteiger partial charge on any atom is -0.248 e. The van der Waals surface area contributed by atoms with E-state index in [-0.39, 0.29) is 0 Å². The number of pyridine rings is 1.